The average Bonchev–Trinajstić information content (AvgIpc) is 1.95. The normalized spacial score (nSPS) is 14.0. The third-order valence-corrected chi connectivity index (χ3v) is 2.12. The molecule has 0 bridgehead atoms. The van der Waals surface area contributed by atoms with Crippen LogP contribution in [0.5, 0.6) is 0 Å². The van der Waals surface area contributed by atoms with Crippen LogP contribution in [0, 0.1) is 5.41 Å². The van der Waals surface area contributed by atoms with Crippen LogP contribution in [0.15, 0.2) is 0 Å². The minimum absolute atomic E-state index is 0.122. The minimum Gasteiger partial charge on any atom is -0.481 e. The fourth-order valence-corrected chi connectivity index (χ4v) is 1.20. The molecule has 2 N–H and O–H groups in total. The Kier molecular flexibility index (Phi) is 4.98. The van der Waals surface area contributed by atoms with Crippen LogP contribution in [-0.2, 0) is 9.53 Å². The number of hydrogen-bond acceptors (Lipinski definition) is 3. The first-order chi connectivity index (χ1) is 7.42. The number of carbonyl (C=O) groups is 2. The van der Waals surface area contributed by atoms with Gasteiger partial charge in [0, 0.05) is 6.04 Å². The van der Waals surface area contributed by atoms with E-state index in [0.717, 1.165) is 0 Å². The molecule has 100 valence electrons. The van der Waals surface area contributed by atoms with Crippen molar-refractivity contribution in [3.63, 3.8) is 0 Å². The lowest BCUT2D eigenvalue weighted by atomic mass is 9.85. The van der Waals surface area contributed by atoms with Crippen molar-refractivity contribution in [1.29, 1.82) is 0 Å². The summed E-state index contributed by atoms with van der Waals surface area (Å²) in [5, 5.41) is 11.4. The van der Waals surface area contributed by atoms with Crippen molar-refractivity contribution in [3.05, 3.63) is 0 Å². The van der Waals surface area contributed by atoms with E-state index >= 15 is 0 Å². The standard InChI is InChI=1S/C12H23NO4/c1-11(2,3)8(7-9(14)15)13-10(16)17-12(4,5)6/h8H,7H2,1-6H3,(H,13,16)(H,14,15)/t8-/m0/s1. The molecular weight excluding hydrogens is 222 g/mol. The fourth-order valence-electron chi connectivity index (χ4n) is 1.20. The van der Waals surface area contributed by atoms with E-state index in [9.17, 15) is 9.59 Å². The van der Waals surface area contributed by atoms with E-state index in [0.29, 0.717) is 0 Å². The highest BCUT2D eigenvalue weighted by atomic mass is 16.6. The Bertz CT molecular complexity index is 286. The number of rotatable bonds is 3. The summed E-state index contributed by atoms with van der Waals surface area (Å²) in [5.41, 5.74) is -0.926. The van der Waals surface area contributed by atoms with Crippen LogP contribution in [0.1, 0.15) is 48.0 Å². The number of nitrogens with one attached hydrogen (secondary N) is 1. The van der Waals surface area contributed by atoms with Gasteiger partial charge in [-0.25, -0.2) is 4.79 Å². The molecule has 0 heterocycles. The summed E-state index contributed by atoms with van der Waals surface area (Å²) in [7, 11) is 0. The van der Waals surface area contributed by atoms with Crippen molar-refractivity contribution >= 4 is 12.1 Å². The molecule has 0 aliphatic heterocycles. The van der Waals surface area contributed by atoms with Gasteiger partial charge in [0.05, 0.1) is 6.42 Å². The number of amides is 1. The monoisotopic (exact) mass is 245 g/mol. The van der Waals surface area contributed by atoms with Crippen molar-refractivity contribution in [1.82, 2.24) is 5.32 Å². The first kappa shape index (κ1) is 15.7. The Labute approximate surface area is 103 Å². The Morgan fingerprint density at radius 2 is 1.65 bits per heavy atom. The van der Waals surface area contributed by atoms with Gasteiger partial charge in [0.15, 0.2) is 0 Å². The van der Waals surface area contributed by atoms with E-state index in [1.54, 1.807) is 20.8 Å². The van der Waals surface area contributed by atoms with Crippen LogP contribution in [0.25, 0.3) is 0 Å². The van der Waals surface area contributed by atoms with E-state index in [-0.39, 0.29) is 11.8 Å². The topological polar surface area (TPSA) is 75.6 Å². The third-order valence-electron chi connectivity index (χ3n) is 2.12. The van der Waals surface area contributed by atoms with E-state index < -0.39 is 23.7 Å². The van der Waals surface area contributed by atoms with Crippen LogP contribution in [0.4, 0.5) is 4.79 Å². The molecule has 0 aromatic carbocycles. The number of ether oxygens (including phenoxy) is 1. The quantitative estimate of drug-likeness (QED) is 0.800. The molecule has 17 heavy (non-hydrogen) atoms. The van der Waals surface area contributed by atoms with Gasteiger partial charge in [0.2, 0.25) is 0 Å². The number of carboxylic acids is 1. The molecule has 0 spiro atoms. The zero-order valence-electron chi connectivity index (χ0n) is 11.5. The van der Waals surface area contributed by atoms with Crippen LogP contribution >= 0.6 is 0 Å². The summed E-state index contributed by atoms with van der Waals surface area (Å²) in [6.07, 6.45) is -0.707. The maximum atomic E-state index is 11.6. The van der Waals surface area contributed by atoms with Crippen molar-refractivity contribution in [2.75, 3.05) is 0 Å². The highest BCUT2D eigenvalue weighted by Crippen LogP contribution is 2.22. The highest BCUT2D eigenvalue weighted by Gasteiger charge is 2.30. The molecule has 0 fully saturated rings. The van der Waals surface area contributed by atoms with Crippen LogP contribution in [0.3, 0.4) is 0 Å². The van der Waals surface area contributed by atoms with E-state index in [1.807, 2.05) is 20.8 Å². The summed E-state index contributed by atoms with van der Waals surface area (Å²) < 4.78 is 5.10. The predicted molar refractivity (Wildman–Crippen MR) is 64.9 cm³/mol. The van der Waals surface area contributed by atoms with E-state index in [4.69, 9.17) is 9.84 Å². The Hall–Kier alpha value is -1.26. The molecule has 0 saturated heterocycles. The zero-order valence-corrected chi connectivity index (χ0v) is 11.5. The van der Waals surface area contributed by atoms with Gasteiger partial charge in [0.25, 0.3) is 0 Å². The van der Waals surface area contributed by atoms with Crippen LogP contribution in [0.2, 0.25) is 0 Å². The first-order valence-corrected chi connectivity index (χ1v) is 5.63. The number of carbonyl (C=O) groups excluding carboxylic acids is 1. The van der Waals surface area contributed by atoms with Crippen LogP contribution in [-0.4, -0.2) is 28.8 Å². The number of alkyl carbamates (subject to hydrolysis) is 1. The van der Waals surface area contributed by atoms with Crippen molar-refractivity contribution < 1.29 is 19.4 Å². The second kappa shape index (κ2) is 5.38. The smallest absolute Gasteiger partial charge is 0.407 e. The highest BCUT2D eigenvalue weighted by molar-refractivity contribution is 5.71. The molecular formula is C12H23NO4. The summed E-state index contributed by atoms with van der Waals surface area (Å²) in [6, 6.07) is -0.463. The average molecular weight is 245 g/mol. The number of carboxylic acid groups (broad SMARTS) is 1. The maximum absolute atomic E-state index is 11.6. The molecule has 0 aliphatic carbocycles. The summed E-state index contributed by atoms with van der Waals surface area (Å²) >= 11 is 0. The zero-order chi connectivity index (χ0) is 13.9. The molecule has 0 unspecified atom stereocenters. The van der Waals surface area contributed by atoms with Gasteiger partial charge >= 0.3 is 12.1 Å². The van der Waals surface area contributed by atoms with Gasteiger partial charge in [-0.05, 0) is 26.2 Å². The predicted octanol–water partition coefficient (Wildman–Crippen LogP) is 2.40. The summed E-state index contributed by atoms with van der Waals surface area (Å²) in [5.74, 6) is -0.944. The molecule has 1 atom stereocenters. The van der Waals surface area contributed by atoms with Crippen LogP contribution < -0.4 is 5.32 Å². The van der Waals surface area contributed by atoms with Gasteiger partial charge in [-0.15, -0.1) is 0 Å². The Morgan fingerprint density at radius 1 is 1.18 bits per heavy atom. The molecule has 0 aromatic rings. The number of aliphatic carboxylic acids is 1. The summed E-state index contributed by atoms with van der Waals surface area (Å²) in [6.45, 7) is 10.9. The van der Waals surface area contributed by atoms with Gasteiger partial charge in [-0.1, -0.05) is 20.8 Å². The molecule has 1 amide bonds. The lowest BCUT2D eigenvalue weighted by molar-refractivity contribution is -0.138. The molecule has 5 heteroatoms. The maximum Gasteiger partial charge on any atom is 0.407 e. The SMILES string of the molecule is CC(C)(C)OC(=O)N[C@@H](CC(=O)O)C(C)(C)C. The second-order valence-electron chi connectivity index (χ2n) is 6.16. The lowest BCUT2D eigenvalue weighted by Gasteiger charge is -2.31. The van der Waals surface area contributed by atoms with Gasteiger partial charge in [0.1, 0.15) is 5.60 Å². The molecule has 0 saturated carbocycles. The molecule has 0 radical (unpaired) electrons. The van der Waals surface area contributed by atoms with Crippen molar-refractivity contribution in [2.24, 2.45) is 5.41 Å². The van der Waals surface area contributed by atoms with Gasteiger partial charge in [-0.2, -0.15) is 0 Å². The lowest BCUT2D eigenvalue weighted by Crippen LogP contribution is -2.46. The van der Waals surface area contributed by atoms with Gasteiger partial charge < -0.3 is 15.2 Å². The fraction of sp³-hybridized carbons (Fsp3) is 0.833. The molecule has 0 aliphatic rings. The Morgan fingerprint density at radius 3 is 1.94 bits per heavy atom. The first-order valence-electron chi connectivity index (χ1n) is 5.63. The van der Waals surface area contributed by atoms with E-state index in [1.165, 1.54) is 0 Å². The minimum atomic E-state index is -0.944. The second-order valence-corrected chi connectivity index (χ2v) is 6.16. The Balaban J connectivity index is 4.55. The van der Waals surface area contributed by atoms with Gasteiger partial charge in [-0.3, -0.25) is 4.79 Å². The van der Waals surface area contributed by atoms with Crippen molar-refractivity contribution in [2.45, 2.75) is 59.6 Å². The van der Waals surface area contributed by atoms with Crippen molar-refractivity contribution in [3.8, 4) is 0 Å². The third kappa shape index (κ3) is 7.60. The largest absolute Gasteiger partial charge is 0.481 e. The molecule has 5 nitrogen and oxygen atoms in total. The van der Waals surface area contributed by atoms with E-state index in [2.05, 4.69) is 5.32 Å². The number of hydrogen-bond donors (Lipinski definition) is 2. The summed E-state index contributed by atoms with van der Waals surface area (Å²) in [4.78, 5) is 22.3. The molecule has 0 rings (SSSR count). The molecule has 0 aromatic heterocycles.